The Morgan fingerprint density at radius 1 is 1.32 bits per heavy atom. The van der Waals surface area contributed by atoms with E-state index in [-0.39, 0.29) is 9.86 Å². The van der Waals surface area contributed by atoms with Crippen LogP contribution < -0.4 is 0 Å². The fourth-order valence-electron chi connectivity index (χ4n) is 0.909. The normalized spacial score (nSPS) is 11.3. The van der Waals surface area contributed by atoms with Crippen molar-refractivity contribution >= 4 is 16.3 Å². The van der Waals surface area contributed by atoms with Gasteiger partial charge in [0.25, 0.3) is 0 Å². The lowest BCUT2D eigenvalue weighted by Gasteiger charge is -2.23. The van der Waals surface area contributed by atoms with Crippen LogP contribution in [-0.4, -0.2) is 50.1 Å². The molecule has 7 heteroatoms. The maximum Gasteiger partial charge on any atom is 0.432 e. The molecular formula is C12H26NO5S+. The Morgan fingerprint density at radius 2 is 1.79 bits per heavy atom. The summed E-state index contributed by atoms with van der Waals surface area (Å²) in [6.45, 7) is 9.64. The highest BCUT2D eigenvalue weighted by atomic mass is 32.2. The highest BCUT2D eigenvalue weighted by molar-refractivity contribution is 7.80. The molecule has 0 saturated heterocycles. The number of carbonyl (C=O) groups is 1. The summed E-state index contributed by atoms with van der Waals surface area (Å²) in [6, 6.07) is 0. The summed E-state index contributed by atoms with van der Waals surface area (Å²) in [5, 5.41) is 0. The van der Waals surface area contributed by atoms with Gasteiger partial charge in [-0.3, -0.25) is 0 Å². The Hall–Kier alpha value is -0.920. The van der Waals surface area contributed by atoms with E-state index in [2.05, 4.69) is 11.3 Å². The molecule has 1 N–H and O–H groups in total. The zero-order valence-corrected chi connectivity index (χ0v) is 13.3. The quantitative estimate of drug-likeness (QED) is 0.350. The topological polar surface area (TPSA) is 80.7 Å². The predicted molar refractivity (Wildman–Crippen MR) is 74.9 cm³/mol. The van der Waals surface area contributed by atoms with Crippen LogP contribution in [0.25, 0.3) is 0 Å². The third kappa shape index (κ3) is 9.63. The van der Waals surface area contributed by atoms with Gasteiger partial charge in [0.1, 0.15) is 0 Å². The molecule has 0 aromatic rings. The van der Waals surface area contributed by atoms with Gasteiger partial charge >= 0.3 is 16.3 Å². The standard InChI is InChI=1S/C6H15NO3S.C6H10O2/c1-4-5-6-7(2,3)11(8,9)10;1-4-8-6(7)5(2)3/h4-6H2,1-3H3;2,4H2,1,3H3/p+1. The summed E-state index contributed by atoms with van der Waals surface area (Å²) in [4.78, 5) is 10.4. The molecule has 0 aliphatic rings. The minimum atomic E-state index is -3.94. The molecule has 0 amide bonds. The molecule has 0 saturated carbocycles. The molecule has 0 unspecified atom stereocenters. The second kappa shape index (κ2) is 9.06. The molecule has 0 spiro atoms. The van der Waals surface area contributed by atoms with E-state index < -0.39 is 10.3 Å². The molecule has 0 aliphatic carbocycles. The van der Waals surface area contributed by atoms with Crippen LogP contribution in [-0.2, 0) is 19.8 Å². The first-order valence-corrected chi connectivity index (χ1v) is 7.52. The van der Waals surface area contributed by atoms with Crippen molar-refractivity contribution in [1.82, 2.24) is 0 Å². The van der Waals surface area contributed by atoms with Crippen LogP contribution in [0.3, 0.4) is 0 Å². The van der Waals surface area contributed by atoms with Gasteiger partial charge in [-0.05, 0) is 20.3 Å². The molecule has 0 heterocycles. The van der Waals surface area contributed by atoms with Gasteiger partial charge in [-0.15, -0.1) is 8.42 Å². The number of rotatable bonds is 6. The van der Waals surface area contributed by atoms with Gasteiger partial charge in [0.2, 0.25) is 0 Å². The average Bonchev–Trinajstić information content (AvgIpc) is 2.26. The fourth-order valence-corrected chi connectivity index (χ4v) is 1.27. The molecule has 19 heavy (non-hydrogen) atoms. The Morgan fingerprint density at radius 3 is 2.00 bits per heavy atom. The average molecular weight is 296 g/mol. The second-order valence-electron chi connectivity index (χ2n) is 4.60. The lowest BCUT2D eigenvalue weighted by molar-refractivity contribution is -0.767. The highest BCUT2D eigenvalue weighted by Gasteiger charge is 2.29. The van der Waals surface area contributed by atoms with Gasteiger partial charge in [-0.2, -0.15) is 3.89 Å². The zero-order valence-electron chi connectivity index (χ0n) is 12.5. The predicted octanol–water partition coefficient (Wildman–Crippen LogP) is 1.79. The van der Waals surface area contributed by atoms with Crippen molar-refractivity contribution in [3.05, 3.63) is 12.2 Å². The molecule has 0 rings (SSSR count). The van der Waals surface area contributed by atoms with Crippen molar-refractivity contribution in [3.63, 3.8) is 0 Å². The van der Waals surface area contributed by atoms with Crippen LogP contribution in [0, 0.1) is 0 Å². The zero-order chi connectivity index (χ0) is 15.7. The Kier molecular flexibility index (Phi) is 9.73. The van der Waals surface area contributed by atoms with Crippen molar-refractivity contribution in [1.29, 1.82) is 0 Å². The van der Waals surface area contributed by atoms with Gasteiger partial charge in [-0.1, -0.05) is 19.9 Å². The molecule has 114 valence electrons. The molecule has 0 aromatic heterocycles. The van der Waals surface area contributed by atoms with Crippen LogP contribution in [0.2, 0.25) is 0 Å². The number of hydrogen-bond acceptors (Lipinski definition) is 4. The summed E-state index contributed by atoms with van der Waals surface area (Å²) in [6.07, 6.45) is 1.73. The van der Waals surface area contributed by atoms with E-state index in [0.717, 1.165) is 12.8 Å². The third-order valence-electron chi connectivity index (χ3n) is 2.30. The molecular weight excluding hydrogens is 270 g/mol. The molecule has 6 nitrogen and oxygen atoms in total. The first kappa shape index (κ1) is 20.4. The summed E-state index contributed by atoms with van der Waals surface area (Å²) >= 11 is 0. The maximum atomic E-state index is 10.7. The van der Waals surface area contributed by atoms with Crippen LogP contribution in [0.4, 0.5) is 0 Å². The van der Waals surface area contributed by atoms with Crippen LogP contribution in [0.5, 0.6) is 0 Å². The molecule has 0 atom stereocenters. The Balaban J connectivity index is 0. The smallest absolute Gasteiger partial charge is 0.432 e. The summed E-state index contributed by atoms with van der Waals surface area (Å²) in [7, 11) is -0.983. The minimum absolute atomic E-state index is 0.312. The van der Waals surface area contributed by atoms with E-state index in [1.165, 1.54) is 14.1 Å². The van der Waals surface area contributed by atoms with Crippen molar-refractivity contribution in [3.8, 4) is 0 Å². The van der Waals surface area contributed by atoms with E-state index in [1.54, 1.807) is 13.8 Å². The van der Waals surface area contributed by atoms with Crippen LogP contribution in [0.15, 0.2) is 12.2 Å². The van der Waals surface area contributed by atoms with Gasteiger partial charge in [0.05, 0.1) is 27.2 Å². The van der Waals surface area contributed by atoms with Crippen molar-refractivity contribution in [2.45, 2.75) is 33.6 Å². The van der Waals surface area contributed by atoms with E-state index in [4.69, 9.17) is 4.55 Å². The number of carbonyl (C=O) groups excluding carboxylic acids is 1. The molecule has 0 aromatic carbocycles. The number of ether oxygens (including phenoxy) is 1. The van der Waals surface area contributed by atoms with Crippen LogP contribution in [0.1, 0.15) is 33.6 Å². The van der Waals surface area contributed by atoms with Crippen molar-refractivity contribution < 1.29 is 26.4 Å². The lowest BCUT2D eigenvalue weighted by Crippen LogP contribution is -2.45. The maximum absolute atomic E-state index is 10.7. The number of quaternary nitrogens is 1. The first-order valence-electron chi connectivity index (χ1n) is 6.12. The Labute approximate surface area is 116 Å². The van der Waals surface area contributed by atoms with E-state index >= 15 is 0 Å². The Bertz CT molecular complexity index is 387. The SMILES string of the molecule is C=C(C)C(=O)OCC.CCCC[N+](C)(C)S(=O)(=O)O. The van der Waals surface area contributed by atoms with Gasteiger partial charge in [0, 0.05) is 5.57 Å². The van der Waals surface area contributed by atoms with E-state index in [0.29, 0.717) is 18.7 Å². The number of hydrogen-bond donors (Lipinski definition) is 1. The molecule has 0 bridgehead atoms. The highest BCUT2D eigenvalue weighted by Crippen LogP contribution is 2.07. The first-order chi connectivity index (χ1) is 8.49. The van der Waals surface area contributed by atoms with Gasteiger partial charge in [-0.25, -0.2) is 9.35 Å². The summed E-state index contributed by atoms with van der Waals surface area (Å²) in [5.74, 6) is -0.312. The largest absolute Gasteiger partial charge is 0.463 e. The number of esters is 1. The number of unbranched alkanes of at least 4 members (excludes halogenated alkanes) is 1. The van der Waals surface area contributed by atoms with Crippen LogP contribution >= 0.6 is 0 Å². The second-order valence-corrected chi connectivity index (χ2v) is 6.48. The molecule has 0 fully saturated rings. The van der Waals surface area contributed by atoms with Crippen molar-refractivity contribution in [2.24, 2.45) is 0 Å². The minimum Gasteiger partial charge on any atom is -0.463 e. The lowest BCUT2D eigenvalue weighted by atomic mass is 10.3. The van der Waals surface area contributed by atoms with Gasteiger partial charge in [0.15, 0.2) is 0 Å². The number of nitrogens with zero attached hydrogens (tertiary/aromatic N) is 1. The third-order valence-corrected chi connectivity index (χ3v) is 3.73. The molecule has 0 aliphatic heterocycles. The summed E-state index contributed by atoms with van der Waals surface area (Å²) in [5.41, 5.74) is 0.451. The van der Waals surface area contributed by atoms with E-state index in [9.17, 15) is 13.2 Å². The van der Waals surface area contributed by atoms with E-state index in [1.807, 2.05) is 6.92 Å². The monoisotopic (exact) mass is 296 g/mol. The fraction of sp³-hybridized carbons (Fsp3) is 0.750. The van der Waals surface area contributed by atoms with Gasteiger partial charge < -0.3 is 4.74 Å². The van der Waals surface area contributed by atoms with Crippen molar-refractivity contribution in [2.75, 3.05) is 27.2 Å². The summed E-state index contributed by atoms with van der Waals surface area (Å²) < 4.78 is 34.3. The molecule has 0 radical (unpaired) electrons.